The number of benzene rings is 1. The van der Waals surface area contributed by atoms with Crippen LogP contribution in [0.1, 0.15) is 24.4 Å². The lowest BCUT2D eigenvalue weighted by Crippen LogP contribution is -2.17. The molecule has 0 bridgehead atoms. The van der Waals surface area contributed by atoms with Crippen LogP contribution in [0.25, 0.3) is 11.3 Å². The largest absolute Gasteiger partial charge is 0.395 e. The Balaban J connectivity index is 2.08. The van der Waals surface area contributed by atoms with Crippen molar-refractivity contribution in [3.8, 4) is 11.3 Å². The molecule has 98 valence electrons. The second-order valence-electron chi connectivity index (χ2n) is 5.17. The fourth-order valence-corrected chi connectivity index (χ4v) is 2.20. The lowest BCUT2D eigenvalue weighted by Gasteiger charge is -2.12. The van der Waals surface area contributed by atoms with Crippen LogP contribution in [0, 0.1) is 12.7 Å². The van der Waals surface area contributed by atoms with Gasteiger partial charge in [0.25, 0.3) is 0 Å². The average Bonchev–Trinajstić information content (AvgIpc) is 3.19. The molecule has 1 aromatic carbocycles. The smallest absolute Gasteiger partial charge is 0.137 e. The molecule has 0 radical (unpaired) electrons. The van der Waals surface area contributed by atoms with E-state index in [0.29, 0.717) is 11.5 Å². The molecule has 1 heterocycles. The van der Waals surface area contributed by atoms with Gasteiger partial charge in [-0.15, -0.1) is 0 Å². The van der Waals surface area contributed by atoms with Crippen molar-refractivity contribution >= 4 is 0 Å². The zero-order valence-corrected chi connectivity index (χ0v) is 10.7. The summed E-state index contributed by atoms with van der Waals surface area (Å²) >= 11 is 0. The summed E-state index contributed by atoms with van der Waals surface area (Å²) in [6, 6.07) is 8.21. The number of halogens is 1. The maximum atomic E-state index is 13.3. The molecule has 0 saturated heterocycles. The Hall–Kier alpha value is -1.81. The summed E-state index contributed by atoms with van der Waals surface area (Å²) in [6.07, 6.45) is 1.82. The van der Waals surface area contributed by atoms with Gasteiger partial charge in [-0.25, -0.2) is 14.4 Å². The normalized spacial score (nSPS) is 16.4. The number of aryl methyl sites for hydroxylation is 1. The molecule has 3 rings (SSSR count). The molecule has 1 N–H and O–H groups in total. The number of aliphatic hydroxyl groups is 1. The van der Waals surface area contributed by atoms with Crippen molar-refractivity contribution in [3.63, 3.8) is 0 Å². The zero-order valence-electron chi connectivity index (χ0n) is 10.7. The zero-order chi connectivity index (χ0) is 13.5. The number of hydrogen-bond acceptors (Lipinski definition) is 3. The molecule has 1 aliphatic rings. The van der Waals surface area contributed by atoms with Gasteiger partial charge < -0.3 is 5.11 Å². The standard InChI is InChI=1S/C15H15FN2O/c1-10-7-13(11-3-2-4-12(16)8-11)18-14(17-10)15(9-19)5-6-15/h2-4,7-8,19H,5-6,9H2,1H3. The van der Waals surface area contributed by atoms with Crippen molar-refractivity contribution < 1.29 is 9.50 Å². The molecule has 1 fully saturated rings. The topological polar surface area (TPSA) is 46.0 Å². The third-order valence-electron chi connectivity index (χ3n) is 3.61. The first kappa shape index (κ1) is 12.2. The Kier molecular flexibility index (Phi) is 2.82. The molecule has 1 aromatic heterocycles. The molecule has 0 atom stereocenters. The maximum Gasteiger partial charge on any atom is 0.137 e. The molecular weight excluding hydrogens is 243 g/mol. The predicted molar refractivity (Wildman–Crippen MR) is 70.2 cm³/mol. The quantitative estimate of drug-likeness (QED) is 0.920. The Morgan fingerprint density at radius 3 is 2.68 bits per heavy atom. The minimum Gasteiger partial charge on any atom is -0.395 e. The highest BCUT2D eigenvalue weighted by molar-refractivity contribution is 5.59. The van der Waals surface area contributed by atoms with Gasteiger partial charge in [0.15, 0.2) is 0 Å². The number of hydrogen-bond donors (Lipinski definition) is 1. The molecule has 19 heavy (non-hydrogen) atoms. The lowest BCUT2D eigenvalue weighted by atomic mass is 10.1. The van der Waals surface area contributed by atoms with Crippen molar-refractivity contribution in [3.05, 3.63) is 47.7 Å². The summed E-state index contributed by atoms with van der Waals surface area (Å²) in [5.41, 5.74) is 2.01. The Morgan fingerprint density at radius 1 is 1.26 bits per heavy atom. The summed E-state index contributed by atoms with van der Waals surface area (Å²) in [6.45, 7) is 1.96. The first-order valence-corrected chi connectivity index (χ1v) is 6.36. The van der Waals surface area contributed by atoms with E-state index < -0.39 is 0 Å². The summed E-state index contributed by atoms with van der Waals surface area (Å²) in [5, 5.41) is 9.47. The minimum absolute atomic E-state index is 0.0685. The highest BCUT2D eigenvalue weighted by Crippen LogP contribution is 2.46. The summed E-state index contributed by atoms with van der Waals surface area (Å²) in [5.74, 6) is 0.396. The molecule has 4 heteroatoms. The molecule has 0 aliphatic heterocycles. The molecule has 0 amide bonds. The molecule has 1 aliphatic carbocycles. The van der Waals surface area contributed by atoms with Gasteiger partial charge in [-0.1, -0.05) is 12.1 Å². The molecule has 2 aromatic rings. The maximum absolute atomic E-state index is 13.3. The first-order valence-electron chi connectivity index (χ1n) is 6.36. The van der Waals surface area contributed by atoms with Crippen molar-refractivity contribution in [2.24, 2.45) is 0 Å². The van der Waals surface area contributed by atoms with E-state index in [0.717, 1.165) is 24.1 Å². The summed E-state index contributed by atoms with van der Waals surface area (Å²) < 4.78 is 13.3. The Labute approximate surface area is 111 Å². The number of nitrogens with zero attached hydrogens (tertiary/aromatic N) is 2. The van der Waals surface area contributed by atoms with Crippen LogP contribution in [-0.4, -0.2) is 21.7 Å². The van der Waals surface area contributed by atoms with E-state index in [2.05, 4.69) is 9.97 Å². The lowest BCUT2D eigenvalue weighted by molar-refractivity contribution is 0.249. The number of rotatable bonds is 3. The van der Waals surface area contributed by atoms with Crippen LogP contribution < -0.4 is 0 Å². The van der Waals surface area contributed by atoms with Gasteiger partial charge in [-0.2, -0.15) is 0 Å². The number of aromatic nitrogens is 2. The van der Waals surface area contributed by atoms with Crippen LogP contribution in [0.5, 0.6) is 0 Å². The van der Waals surface area contributed by atoms with Crippen LogP contribution >= 0.6 is 0 Å². The first-order chi connectivity index (χ1) is 9.13. The van der Waals surface area contributed by atoms with Crippen molar-refractivity contribution in [1.82, 2.24) is 9.97 Å². The highest BCUT2D eigenvalue weighted by Gasteiger charge is 2.46. The SMILES string of the molecule is Cc1cc(-c2cccc(F)c2)nc(C2(CO)CC2)n1. The fourth-order valence-electron chi connectivity index (χ4n) is 2.20. The van der Waals surface area contributed by atoms with Gasteiger partial charge in [0, 0.05) is 11.3 Å². The minimum atomic E-state index is -0.279. The van der Waals surface area contributed by atoms with Gasteiger partial charge in [0.2, 0.25) is 0 Å². The van der Waals surface area contributed by atoms with E-state index >= 15 is 0 Å². The van der Waals surface area contributed by atoms with Crippen LogP contribution in [0.3, 0.4) is 0 Å². The van der Waals surface area contributed by atoms with Crippen LogP contribution in [0.15, 0.2) is 30.3 Å². The number of aliphatic hydroxyl groups excluding tert-OH is 1. The molecular formula is C15H15FN2O. The van der Waals surface area contributed by atoms with Crippen LogP contribution in [0.4, 0.5) is 4.39 Å². The van der Waals surface area contributed by atoms with E-state index in [-0.39, 0.29) is 17.8 Å². The van der Waals surface area contributed by atoms with Gasteiger partial charge in [0.1, 0.15) is 11.6 Å². The van der Waals surface area contributed by atoms with E-state index in [9.17, 15) is 9.50 Å². The van der Waals surface area contributed by atoms with E-state index in [1.54, 1.807) is 6.07 Å². The van der Waals surface area contributed by atoms with Crippen molar-refractivity contribution in [1.29, 1.82) is 0 Å². The van der Waals surface area contributed by atoms with Gasteiger partial charge >= 0.3 is 0 Å². The molecule has 1 saturated carbocycles. The van der Waals surface area contributed by atoms with Crippen molar-refractivity contribution in [2.75, 3.05) is 6.61 Å². The predicted octanol–water partition coefficient (Wildman–Crippen LogP) is 2.62. The second-order valence-corrected chi connectivity index (χ2v) is 5.17. The Bertz CT molecular complexity index is 623. The average molecular weight is 258 g/mol. The summed E-state index contributed by atoms with van der Waals surface area (Å²) in [7, 11) is 0. The second kappa shape index (κ2) is 4.38. The van der Waals surface area contributed by atoms with E-state index in [1.807, 2.05) is 19.1 Å². The molecule has 0 unspecified atom stereocenters. The Morgan fingerprint density at radius 2 is 2.05 bits per heavy atom. The van der Waals surface area contributed by atoms with E-state index in [1.165, 1.54) is 12.1 Å². The van der Waals surface area contributed by atoms with Gasteiger partial charge in [0.05, 0.1) is 17.7 Å². The van der Waals surface area contributed by atoms with Gasteiger partial charge in [-0.05, 0) is 38.0 Å². The molecule has 0 spiro atoms. The fraction of sp³-hybridized carbons (Fsp3) is 0.333. The monoisotopic (exact) mass is 258 g/mol. The summed E-state index contributed by atoms with van der Waals surface area (Å²) in [4.78, 5) is 8.93. The third kappa shape index (κ3) is 2.24. The third-order valence-corrected chi connectivity index (χ3v) is 3.61. The van der Waals surface area contributed by atoms with E-state index in [4.69, 9.17) is 0 Å². The molecule has 3 nitrogen and oxygen atoms in total. The van der Waals surface area contributed by atoms with Crippen molar-refractivity contribution in [2.45, 2.75) is 25.2 Å². The highest BCUT2D eigenvalue weighted by atomic mass is 19.1. The van der Waals surface area contributed by atoms with Gasteiger partial charge in [-0.3, -0.25) is 0 Å². The van der Waals surface area contributed by atoms with Crippen LogP contribution in [0.2, 0.25) is 0 Å². The van der Waals surface area contributed by atoms with Crippen LogP contribution in [-0.2, 0) is 5.41 Å².